The van der Waals surface area contributed by atoms with Crippen LogP contribution in [0.2, 0.25) is 0 Å². The Balaban J connectivity index is 2.14. The Bertz CT molecular complexity index is 598. The molecule has 1 atom stereocenters. The Hall–Kier alpha value is -0.690. The van der Waals surface area contributed by atoms with Crippen LogP contribution in [0.25, 0.3) is 0 Å². The fraction of sp³-hybridized carbons (Fsp3) is 0.400. The summed E-state index contributed by atoms with van der Waals surface area (Å²) in [4.78, 5) is 2.10. The molecule has 2 rings (SSSR count). The van der Waals surface area contributed by atoms with Crippen molar-refractivity contribution in [1.82, 2.24) is 14.7 Å². The Morgan fingerprint density at radius 3 is 2.76 bits per heavy atom. The minimum Gasteiger partial charge on any atom is -0.386 e. The highest BCUT2D eigenvalue weighted by Crippen LogP contribution is 2.26. The van der Waals surface area contributed by atoms with E-state index in [2.05, 4.69) is 41.9 Å². The second kappa shape index (κ2) is 7.54. The molecule has 0 bridgehead atoms. The first kappa shape index (κ1) is 16.7. The SMILES string of the molecule is CN(C)CCn1ncc(Br)c1C(O)Cc1cccc(Br)c1. The van der Waals surface area contributed by atoms with Crippen molar-refractivity contribution in [3.63, 3.8) is 0 Å². The van der Waals surface area contributed by atoms with E-state index in [0.29, 0.717) is 6.42 Å². The van der Waals surface area contributed by atoms with Gasteiger partial charge in [0.25, 0.3) is 0 Å². The molecule has 4 nitrogen and oxygen atoms in total. The smallest absolute Gasteiger partial charge is 0.101 e. The van der Waals surface area contributed by atoms with Crippen LogP contribution < -0.4 is 0 Å². The average Bonchev–Trinajstić information content (AvgIpc) is 2.77. The quantitative estimate of drug-likeness (QED) is 0.785. The minimum atomic E-state index is -0.585. The minimum absolute atomic E-state index is 0.561. The summed E-state index contributed by atoms with van der Waals surface area (Å²) in [7, 11) is 4.05. The molecular weight excluding hydrogens is 398 g/mol. The standard InChI is InChI=1S/C15H19Br2N3O/c1-19(2)6-7-20-15(13(17)10-18-20)14(21)9-11-4-3-5-12(16)8-11/h3-5,8,10,14,21H,6-7,9H2,1-2H3. The van der Waals surface area contributed by atoms with Gasteiger partial charge in [-0.1, -0.05) is 28.1 Å². The Labute approximate surface area is 142 Å². The molecule has 0 saturated carbocycles. The van der Waals surface area contributed by atoms with Crippen LogP contribution in [0, 0.1) is 0 Å². The predicted octanol–water partition coefficient (Wildman–Crippen LogP) is 3.25. The van der Waals surface area contributed by atoms with Gasteiger partial charge in [-0.15, -0.1) is 0 Å². The maximum Gasteiger partial charge on any atom is 0.101 e. The van der Waals surface area contributed by atoms with Crippen molar-refractivity contribution >= 4 is 31.9 Å². The van der Waals surface area contributed by atoms with Crippen LogP contribution >= 0.6 is 31.9 Å². The van der Waals surface area contributed by atoms with Gasteiger partial charge >= 0.3 is 0 Å². The van der Waals surface area contributed by atoms with Gasteiger partial charge in [0.15, 0.2) is 0 Å². The first-order valence-corrected chi connectivity index (χ1v) is 8.34. The molecule has 6 heteroatoms. The van der Waals surface area contributed by atoms with Crippen molar-refractivity contribution in [1.29, 1.82) is 0 Å². The van der Waals surface area contributed by atoms with Gasteiger partial charge < -0.3 is 10.0 Å². The van der Waals surface area contributed by atoms with Gasteiger partial charge in [0.2, 0.25) is 0 Å². The molecule has 1 aromatic heterocycles. The van der Waals surface area contributed by atoms with E-state index in [9.17, 15) is 5.11 Å². The summed E-state index contributed by atoms with van der Waals surface area (Å²) in [5.41, 5.74) is 1.92. The number of halogens is 2. The Morgan fingerprint density at radius 1 is 1.33 bits per heavy atom. The number of aromatic nitrogens is 2. The van der Waals surface area contributed by atoms with E-state index in [4.69, 9.17) is 0 Å². The molecule has 0 amide bonds. The number of benzene rings is 1. The molecular formula is C15H19Br2N3O. The molecule has 21 heavy (non-hydrogen) atoms. The monoisotopic (exact) mass is 415 g/mol. The van der Waals surface area contributed by atoms with E-state index >= 15 is 0 Å². The lowest BCUT2D eigenvalue weighted by atomic mass is 10.1. The molecule has 114 valence electrons. The second-order valence-corrected chi connectivity index (χ2v) is 7.02. The van der Waals surface area contributed by atoms with E-state index in [1.54, 1.807) is 6.20 Å². The maximum absolute atomic E-state index is 10.6. The molecule has 0 spiro atoms. The van der Waals surface area contributed by atoms with Gasteiger partial charge in [-0.25, -0.2) is 0 Å². The van der Waals surface area contributed by atoms with Crippen molar-refractivity contribution in [3.05, 3.63) is 50.7 Å². The summed E-state index contributed by atoms with van der Waals surface area (Å²) >= 11 is 6.94. The third-order valence-electron chi connectivity index (χ3n) is 3.23. The highest BCUT2D eigenvalue weighted by Gasteiger charge is 2.18. The second-order valence-electron chi connectivity index (χ2n) is 5.25. The zero-order valence-electron chi connectivity index (χ0n) is 12.1. The van der Waals surface area contributed by atoms with Crippen molar-refractivity contribution in [3.8, 4) is 0 Å². The van der Waals surface area contributed by atoms with E-state index in [1.165, 1.54) is 0 Å². The van der Waals surface area contributed by atoms with Crippen LogP contribution in [0.15, 0.2) is 39.4 Å². The van der Waals surface area contributed by atoms with Crippen molar-refractivity contribution < 1.29 is 5.11 Å². The molecule has 0 aliphatic rings. The van der Waals surface area contributed by atoms with Gasteiger partial charge in [0, 0.05) is 17.4 Å². The van der Waals surface area contributed by atoms with Crippen LogP contribution in [-0.2, 0) is 13.0 Å². The first-order valence-electron chi connectivity index (χ1n) is 6.76. The number of hydrogen-bond acceptors (Lipinski definition) is 3. The molecule has 0 saturated heterocycles. The normalized spacial score (nSPS) is 12.9. The number of likely N-dealkylation sites (N-methyl/N-ethyl adjacent to an activating group) is 1. The summed E-state index contributed by atoms with van der Waals surface area (Å²) in [5, 5.41) is 14.9. The van der Waals surface area contributed by atoms with Crippen LogP contribution in [-0.4, -0.2) is 40.4 Å². The lowest BCUT2D eigenvalue weighted by Gasteiger charge is -2.16. The van der Waals surface area contributed by atoms with E-state index in [-0.39, 0.29) is 0 Å². The van der Waals surface area contributed by atoms with Gasteiger partial charge in [0.1, 0.15) is 6.10 Å². The van der Waals surface area contributed by atoms with Gasteiger partial charge in [-0.2, -0.15) is 5.10 Å². The molecule has 1 N–H and O–H groups in total. The van der Waals surface area contributed by atoms with Crippen LogP contribution in [0.1, 0.15) is 17.4 Å². The number of rotatable bonds is 6. The summed E-state index contributed by atoms with van der Waals surface area (Å²) < 4.78 is 3.74. The molecule has 0 aliphatic carbocycles. The molecule has 0 radical (unpaired) electrons. The zero-order chi connectivity index (χ0) is 15.4. The lowest BCUT2D eigenvalue weighted by molar-refractivity contribution is 0.164. The summed E-state index contributed by atoms with van der Waals surface area (Å²) in [6.45, 7) is 1.63. The number of aliphatic hydroxyl groups excluding tert-OH is 1. The average molecular weight is 417 g/mol. The Kier molecular flexibility index (Phi) is 5.98. The molecule has 0 aliphatic heterocycles. The lowest BCUT2D eigenvalue weighted by Crippen LogP contribution is -2.21. The molecule has 1 heterocycles. The summed E-state index contributed by atoms with van der Waals surface area (Å²) in [5.74, 6) is 0. The van der Waals surface area contributed by atoms with Gasteiger partial charge in [0.05, 0.1) is 22.9 Å². The summed E-state index contributed by atoms with van der Waals surface area (Å²) in [6, 6.07) is 8.00. The number of aliphatic hydroxyl groups is 1. The number of hydrogen-bond donors (Lipinski definition) is 1. The van der Waals surface area contributed by atoms with Crippen molar-refractivity contribution in [2.24, 2.45) is 0 Å². The third-order valence-corrected chi connectivity index (χ3v) is 4.33. The maximum atomic E-state index is 10.6. The third kappa shape index (κ3) is 4.64. The van der Waals surface area contributed by atoms with E-state index in [0.717, 1.165) is 33.3 Å². The molecule has 1 aromatic carbocycles. The van der Waals surface area contributed by atoms with Crippen LogP contribution in [0.5, 0.6) is 0 Å². The molecule has 0 fully saturated rings. The Morgan fingerprint density at radius 2 is 2.10 bits per heavy atom. The van der Waals surface area contributed by atoms with E-state index in [1.807, 2.05) is 43.0 Å². The van der Waals surface area contributed by atoms with Crippen LogP contribution in [0.3, 0.4) is 0 Å². The fourth-order valence-corrected chi connectivity index (χ4v) is 3.17. The predicted molar refractivity (Wildman–Crippen MR) is 91.3 cm³/mol. The fourth-order valence-electron chi connectivity index (χ4n) is 2.16. The van der Waals surface area contributed by atoms with Crippen molar-refractivity contribution in [2.45, 2.75) is 19.1 Å². The number of nitrogens with zero attached hydrogens (tertiary/aromatic N) is 3. The first-order chi connectivity index (χ1) is 9.97. The van der Waals surface area contributed by atoms with Gasteiger partial charge in [-0.05, 0) is 47.7 Å². The van der Waals surface area contributed by atoms with Crippen LogP contribution in [0.4, 0.5) is 0 Å². The highest BCUT2D eigenvalue weighted by molar-refractivity contribution is 9.10. The molecule has 2 aromatic rings. The topological polar surface area (TPSA) is 41.3 Å². The van der Waals surface area contributed by atoms with Crippen molar-refractivity contribution in [2.75, 3.05) is 20.6 Å². The largest absolute Gasteiger partial charge is 0.386 e. The molecule has 1 unspecified atom stereocenters. The van der Waals surface area contributed by atoms with Gasteiger partial charge in [-0.3, -0.25) is 4.68 Å². The highest BCUT2D eigenvalue weighted by atomic mass is 79.9. The summed E-state index contributed by atoms with van der Waals surface area (Å²) in [6.07, 6.45) is 1.72. The zero-order valence-corrected chi connectivity index (χ0v) is 15.3. The van der Waals surface area contributed by atoms with E-state index < -0.39 is 6.10 Å².